The van der Waals surface area contributed by atoms with E-state index in [0.717, 1.165) is 10.7 Å². The number of furan rings is 1. The van der Waals surface area contributed by atoms with Gasteiger partial charge in [0.2, 0.25) is 0 Å². The molecule has 23 heavy (non-hydrogen) atoms. The Morgan fingerprint density at radius 2 is 2.13 bits per heavy atom. The molecule has 1 N–H and O–H groups in total. The largest absolute Gasteiger partial charge is 0.458 e. The number of halogens is 2. The molecular weight excluding hydrogens is 355 g/mol. The van der Waals surface area contributed by atoms with Gasteiger partial charge in [0.1, 0.15) is 11.5 Å². The Morgan fingerprint density at radius 1 is 1.30 bits per heavy atom. The van der Waals surface area contributed by atoms with Gasteiger partial charge >= 0.3 is 0 Å². The summed E-state index contributed by atoms with van der Waals surface area (Å²) in [7, 11) is 0. The number of aryl methyl sites for hydroxylation is 1. The summed E-state index contributed by atoms with van der Waals surface area (Å²) in [6.45, 7) is 2.19. The third-order valence-electron chi connectivity index (χ3n) is 3.13. The molecule has 0 spiro atoms. The van der Waals surface area contributed by atoms with Gasteiger partial charge in [0.25, 0.3) is 5.91 Å². The molecule has 0 bridgehead atoms. The molecule has 0 saturated heterocycles. The first kappa shape index (κ1) is 16.1. The second-order valence-corrected chi connectivity index (χ2v) is 6.73. The first-order chi connectivity index (χ1) is 11.0. The summed E-state index contributed by atoms with van der Waals surface area (Å²) in [5, 5.41) is 6.48. The monoisotopic (exact) mass is 366 g/mol. The maximum atomic E-state index is 12.2. The third-order valence-corrected chi connectivity index (χ3v) is 4.47. The van der Waals surface area contributed by atoms with Gasteiger partial charge in [-0.05, 0) is 37.3 Å². The summed E-state index contributed by atoms with van der Waals surface area (Å²) in [6.07, 6.45) is 0. The fraction of sp³-hybridized carbons (Fsp3) is 0.125. The van der Waals surface area contributed by atoms with Crippen LogP contribution in [-0.4, -0.2) is 10.9 Å². The van der Waals surface area contributed by atoms with E-state index in [-0.39, 0.29) is 12.5 Å². The van der Waals surface area contributed by atoms with Crippen molar-refractivity contribution in [2.75, 3.05) is 0 Å². The maximum absolute atomic E-state index is 12.2. The zero-order valence-electron chi connectivity index (χ0n) is 12.1. The van der Waals surface area contributed by atoms with Gasteiger partial charge < -0.3 is 9.73 Å². The van der Waals surface area contributed by atoms with E-state index >= 15 is 0 Å². The lowest BCUT2D eigenvalue weighted by molar-refractivity contribution is 0.0948. The number of hydrogen-bond acceptors (Lipinski definition) is 4. The molecule has 1 aromatic carbocycles. The number of amides is 1. The van der Waals surface area contributed by atoms with Crippen LogP contribution >= 0.6 is 34.5 Å². The Hall–Kier alpha value is -1.82. The van der Waals surface area contributed by atoms with Crippen LogP contribution in [0.5, 0.6) is 0 Å². The van der Waals surface area contributed by atoms with Crippen molar-refractivity contribution >= 4 is 40.4 Å². The predicted molar refractivity (Wildman–Crippen MR) is 92.2 cm³/mol. The van der Waals surface area contributed by atoms with Gasteiger partial charge in [-0.25, -0.2) is 4.98 Å². The van der Waals surface area contributed by atoms with Crippen molar-refractivity contribution in [1.29, 1.82) is 0 Å². The number of benzene rings is 1. The van der Waals surface area contributed by atoms with E-state index in [4.69, 9.17) is 27.6 Å². The number of aromatic nitrogens is 1. The SMILES string of the molecule is Cc1nc(-c2ccc(CNC(=O)c3cc(Cl)ccc3Cl)o2)cs1. The Balaban J connectivity index is 1.68. The van der Waals surface area contributed by atoms with Crippen molar-refractivity contribution < 1.29 is 9.21 Å². The van der Waals surface area contributed by atoms with Gasteiger partial charge in [-0.3, -0.25) is 4.79 Å². The number of nitrogens with one attached hydrogen (secondary N) is 1. The van der Waals surface area contributed by atoms with Gasteiger partial charge in [-0.1, -0.05) is 23.2 Å². The Bertz CT molecular complexity index is 857. The van der Waals surface area contributed by atoms with Crippen LogP contribution in [0.3, 0.4) is 0 Å². The van der Waals surface area contributed by atoms with Crippen molar-refractivity contribution in [1.82, 2.24) is 10.3 Å². The molecule has 0 atom stereocenters. The lowest BCUT2D eigenvalue weighted by Gasteiger charge is -2.05. The highest BCUT2D eigenvalue weighted by atomic mass is 35.5. The minimum Gasteiger partial charge on any atom is -0.458 e. The molecule has 0 aliphatic rings. The highest BCUT2D eigenvalue weighted by Gasteiger charge is 2.12. The number of carbonyl (C=O) groups excluding carboxylic acids is 1. The summed E-state index contributed by atoms with van der Waals surface area (Å²) in [6, 6.07) is 8.40. The topological polar surface area (TPSA) is 55.1 Å². The summed E-state index contributed by atoms with van der Waals surface area (Å²) in [5.74, 6) is 1.01. The summed E-state index contributed by atoms with van der Waals surface area (Å²) in [4.78, 5) is 16.5. The van der Waals surface area contributed by atoms with Gasteiger partial charge in [0, 0.05) is 10.4 Å². The number of carbonyl (C=O) groups is 1. The summed E-state index contributed by atoms with van der Waals surface area (Å²) in [5.41, 5.74) is 1.13. The lowest BCUT2D eigenvalue weighted by Crippen LogP contribution is -2.22. The van der Waals surface area contributed by atoms with Crippen molar-refractivity contribution in [3.05, 3.63) is 62.1 Å². The molecule has 118 valence electrons. The summed E-state index contributed by atoms with van der Waals surface area (Å²) < 4.78 is 5.69. The fourth-order valence-electron chi connectivity index (χ4n) is 2.02. The van der Waals surface area contributed by atoms with E-state index in [1.165, 1.54) is 6.07 Å². The van der Waals surface area contributed by atoms with Crippen molar-refractivity contribution in [2.24, 2.45) is 0 Å². The second-order valence-electron chi connectivity index (χ2n) is 4.82. The lowest BCUT2D eigenvalue weighted by atomic mass is 10.2. The normalized spacial score (nSPS) is 10.7. The zero-order valence-corrected chi connectivity index (χ0v) is 14.4. The highest BCUT2D eigenvalue weighted by Crippen LogP contribution is 2.24. The van der Waals surface area contributed by atoms with Gasteiger partial charge in [-0.15, -0.1) is 11.3 Å². The predicted octanol–water partition coefficient (Wildman–Crippen LogP) is 4.95. The molecule has 0 aliphatic heterocycles. The van der Waals surface area contributed by atoms with Crippen LogP contribution in [0.2, 0.25) is 10.0 Å². The number of thiazole rings is 1. The van der Waals surface area contributed by atoms with E-state index in [9.17, 15) is 4.79 Å². The standard InChI is InChI=1S/C16H12Cl2N2O2S/c1-9-20-14(8-23-9)15-5-3-11(22-15)7-19-16(21)12-6-10(17)2-4-13(12)18/h2-6,8H,7H2,1H3,(H,19,21). The van der Waals surface area contributed by atoms with E-state index in [1.807, 2.05) is 24.4 Å². The molecule has 7 heteroatoms. The molecule has 3 aromatic rings. The van der Waals surface area contributed by atoms with Crippen molar-refractivity contribution in [2.45, 2.75) is 13.5 Å². The molecule has 2 aromatic heterocycles. The molecule has 2 heterocycles. The van der Waals surface area contributed by atoms with Crippen LogP contribution in [0, 0.1) is 6.92 Å². The Morgan fingerprint density at radius 3 is 2.87 bits per heavy atom. The van der Waals surface area contributed by atoms with E-state index in [1.54, 1.807) is 23.5 Å². The number of rotatable bonds is 4. The molecule has 3 rings (SSSR count). The van der Waals surface area contributed by atoms with Gasteiger partial charge in [0.05, 0.1) is 22.1 Å². The van der Waals surface area contributed by atoms with Crippen LogP contribution < -0.4 is 5.32 Å². The van der Waals surface area contributed by atoms with Crippen LogP contribution in [0.25, 0.3) is 11.5 Å². The molecule has 0 unspecified atom stereocenters. The maximum Gasteiger partial charge on any atom is 0.253 e. The van der Waals surface area contributed by atoms with Crippen LogP contribution in [0.15, 0.2) is 40.1 Å². The van der Waals surface area contributed by atoms with Crippen LogP contribution in [-0.2, 0) is 6.54 Å². The molecule has 0 saturated carbocycles. The van der Waals surface area contributed by atoms with E-state index in [2.05, 4.69) is 10.3 Å². The van der Waals surface area contributed by atoms with Gasteiger partial charge in [0.15, 0.2) is 5.76 Å². The molecule has 0 radical (unpaired) electrons. The molecule has 0 fully saturated rings. The molecular formula is C16H12Cl2N2O2S. The molecule has 1 amide bonds. The zero-order chi connectivity index (χ0) is 16.4. The Labute approximate surface area is 147 Å². The van der Waals surface area contributed by atoms with Crippen molar-refractivity contribution in [3.8, 4) is 11.5 Å². The highest BCUT2D eigenvalue weighted by molar-refractivity contribution is 7.09. The Kier molecular flexibility index (Phi) is 4.71. The average molecular weight is 367 g/mol. The quantitative estimate of drug-likeness (QED) is 0.710. The molecule has 0 aliphatic carbocycles. The first-order valence-corrected chi connectivity index (χ1v) is 8.41. The number of hydrogen-bond donors (Lipinski definition) is 1. The van der Waals surface area contributed by atoms with Crippen molar-refractivity contribution in [3.63, 3.8) is 0 Å². The minimum atomic E-state index is -0.306. The number of nitrogens with zero attached hydrogens (tertiary/aromatic N) is 1. The summed E-state index contributed by atoms with van der Waals surface area (Å²) >= 11 is 13.5. The van der Waals surface area contributed by atoms with Crippen LogP contribution in [0.4, 0.5) is 0 Å². The first-order valence-electron chi connectivity index (χ1n) is 6.77. The minimum absolute atomic E-state index is 0.255. The van der Waals surface area contributed by atoms with Crippen LogP contribution in [0.1, 0.15) is 21.1 Å². The third kappa shape index (κ3) is 3.75. The second kappa shape index (κ2) is 6.74. The van der Waals surface area contributed by atoms with E-state index in [0.29, 0.717) is 27.1 Å². The van der Waals surface area contributed by atoms with Gasteiger partial charge in [-0.2, -0.15) is 0 Å². The van der Waals surface area contributed by atoms with E-state index < -0.39 is 0 Å². The smallest absolute Gasteiger partial charge is 0.253 e. The fourth-order valence-corrected chi connectivity index (χ4v) is 3.00. The molecule has 4 nitrogen and oxygen atoms in total. The average Bonchev–Trinajstić information content (AvgIpc) is 3.16.